The van der Waals surface area contributed by atoms with E-state index in [0.29, 0.717) is 34.2 Å². The van der Waals surface area contributed by atoms with Crippen LogP contribution in [0.4, 0.5) is 10.8 Å². The number of aromatic nitrogens is 4. The first-order chi connectivity index (χ1) is 14.2. The Kier molecular flexibility index (Phi) is 6.28. The lowest BCUT2D eigenvalue weighted by atomic mass is 10.2. The smallest absolute Gasteiger partial charge is 0.237 e. The predicted octanol–water partition coefficient (Wildman–Crippen LogP) is 5.68. The second kappa shape index (κ2) is 9.25. The van der Waals surface area contributed by atoms with Gasteiger partial charge in [0, 0.05) is 5.56 Å². The summed E-state index contributed by atoms with van der Waals surface area (Å²) >= 11 is 9.10. The molecule has 0 aliphatic carbocycles. The zero-order valence-electron chi connectivity index (χ0n) is 15.3. The fraction of sp³-hybridized carbons (Fsp3) is 0.158. The fourth-order valence-corrected chi connectivity index (χ4v) is 4.30. The predicted molar refractivity (Wildman–Crippen MR) is 115 cm³/mol. The molecule has 0 bridgehead atoms. The van der Waals surface area contributed by atoms with Gasteiger partial charge in [0.2, 0.25) is 16.8 Å². The summed E-state index contributed by atoms with van der Waals surface area (Å²) < 4.78 is 11.7. The van der Waals surface area contributed by atoms with Crippen molar-refractivity contribution < 1.29 is 9.26 Å². The van der Waals surface area contributed by atoms with Gasteiger partial charge in [-0.25, -0.2) is 0 Å². The highest BCUT2D eigenvalue weighted by Gasteiger charge is 2.13. The van der Waals surface area contributed by atoms with E-state index in [1.807, 2.05) is 49.4 Å². The number of anilines is 2. The molecular formula is C19H16ClN5O2S2. The monoisotopic (exact) mass is 445 g/mol. The Bertz CT molecular complexity index is 1100. The lowest BCUT2D eigenvalue weighted by molar-refractivity contribution is 0.342. The van der Waals surface area contributed by atoms with Crippen molar-refractivity contribution in [2.45, 2.75) is 17.0 Å². The minimum Gasteiger partial charge on any atom is -0.492 e. The van der Waals surface area contributed by atoms with Gasteiger partial charge in [0.1, 0.15) is 5.75 Å². The number of halogens is 1. The number of benzene rings is 2. The number of para-hydroxylation sites is 2. The van der Waals surface area contributed by atoms with Gasteiger partial charge in [-0.2, -0.15) is 4.98 Å². The Morgan fingerprint density at radius 1 is 1.14 bits per heavy atom. The Morgan fingerprint density at radius 2 is 1.97 bits per heavy atom. The highest BCUT2D eigenvalue weighted by atomic mass is 35.5. The number of rotatable bonds is 8. The van der Waals surface area contributed by atoms with Crippen molar-refractivity contribution in [2.24, 2.45) is 0 Å². The molecule has 0 saturated heterocycles. The molecule has 0 atom stereocenters. The molecule has 0 aliphatic rings. The fourth-order valence-electron chi connectivity index (χ4n) is 2.47. The van der Waals surface area contributed by atoms with Gasteiger partial charge in [0.05, 0.1) is 23.1 Å². The molecule has 0 spiro atoms. The van der Waals surface area contributed by atoms with Crippen LogP contribution in [-0.4, -0.2) is 26.9 Å². The van der Waals surface area contributed by atoms with Gasteiger partial charge in [0.15, 0.2) is 4.34 Å². The summed E-state index contributed by atoms with van der Waals surface area (Å²) in [5.74, 6) is 2.23. The van der Waals surface area contributed by atoms with Gasteiger partial charge in [-0.1, -0.05) is 64.1 Å². The van der Waals surface area contributed by atoms with Crippen LogP contribution >= 0.6 is 34.7 Å². The van der Waals surface area contributed by atoms with E-state index >= 15 is 0 Å². The molecule has 0 fully saturated rings. The van der Waals surface area contributed by atoms with Crippen LogP contribution in [0.5, 0.6) is 5.75 Å². The van der Waals surface area contributed by atoms with Gasteiger partial charge in [-0.3, -0.25) is 0 Å². The van der Waals surface area contributed by atoms with Crippen molar-refractivity contribution in [3.8, 4) is 17.1 Å². The van der Waals surface area contributed by atoms with Crippen LogP contribution in [0.3, 0.4) is 0 Å². The Balaban J connectivity index is 1.39. The van der Waals surface area contributed by atoms with E-state index in [4.69, 9.17) is 20.9 Å². The average molecular weight is 446 g/mol. The first kappa shape index (κ1) is 19.7. The molecule has 29 heavy (non-hydrogen) atoms. The van der Waals surface area contributed by atoms with Crippen molar-refractivity contribution in [1.82, 2.24) is 20.3 Å². The first-order valence-electron chi connectivity index (χ1n) is 8.75. The minimum absolute atomic E-state index is 0.471. The molecule has 0 radical (unpaired) electrons. The second-order valence-electron chi connectivity index (χ2n) is 5.71. The summed E-state index contributed by atoms with van der Waals surface area (Å²) in [5, 5.41) is 16.9. The van der Waals surface area contributed by atoms with Crippen LogP contribution < -0.4 is 10.1 Å². The summed E-state index contributed by atoms with van der Waals surface area (Å²) in [6.07, 6.45) is 0. The van der Waals surface area contributed by atoms with E-state index in [0.717, 1.165) is 21.3 Å². The number of hydrogen-bond acceptors (Lipinski definition) is 9. The number of nitrogens with zero attached hydrogens (tertiary/aromatic N) is 4. The second-order valence-corrected chi connectivity index (χ2v) is 8.31. The van der Waals surface area contributed by atoms with Crippen LogP contribution in [0.15, 0.2) is 57.4 Å². The number of thioether (sulfide) groups is 1. The van der Waals surface area contributed by atoms with Crippen molar-refractivity contribution in [3.63, 3.8) is 0 Å². The third kappa shape index (κ3) is 4.87. The van der Waals surface area contributed by atoms with Crippen LogP contribution in [0.1, 0.15) is 12.8 Å². The summed E-state index contributed by atoms with van der Waals surface area (Å²) in [6, 6.07) is 15.1. The number of ether oxygens (including phenoxy) is 1. The summed E-state index contributed by atoms with van der Waals surface area (Å²) in [5.41, 5.74) is 1.59. The maximum atomic E-state index is 6.18. The molecule has 7 nitrogen and oxygen atoms in total. The number of hydrogen-bond donors (Lipinski definition) is 1. The van der Waals surface area contributed by atoms with Crippen molar-refractivity contribution in [2.75, 3.05) is 11.9 Å². The van der Waals surface area contributed by atoms with Gasteiger partial charge >= 0.3 is 0 Å². The van der Waals surface area contributed by atoms with Gasteiger partial charge in [-0.05, 0) is 31.2 Å². The normalized spacial score (nSPS) is 10.8. The van der Waals surface area contributed by atoms with E-state index in [1.54, 1.807) is 6.07 Å². The minimum atomic E-state index is 0.471. The molecule has 2 aromatic carbocycles. The SMILES string of the molecule is CCOc1ccccc1Nc1nnc(SCc2nc(-c3ccccc3Cl)no2)s1. The quantitative estimate of drug-likeness (QED) is 0.347. The molecule has 4 aromatic rings. The van der Waals surface area contributed by atoms with E-state index in [-0.39, 0.29) is 0 Å². The zero-order chi connectivity index (χ0) is 20.1. The molecular weight excluding hydrogens is 430 g/mol. The molecule has 4 rings (SSSR count). The highest BCUT2D eigenvalue weighted by molar-refractivity contribution is 8.00. The molecule has 148 valence electrons. The lowest BCUT2D eigenvalue weighted by Gasteiger charge is -2.09. The van der Waals surface area contributed by atoms with E-state index in [2.05, 4.69) is 25.7 Å². The van der Waals surface area contributed by atoms with Gasteiger partial charge < -0.3 is 14.6 Å². The van der Waals surface area contributed by atoms with E-state index < -0.39 is 0 Å². The molecule has 2 heterocycles. The van der Waals surface area contributed by atoms with Crippen LogP contribution in [0, 0.1) is 0 Å². The molecule has 2 aromatic heterocycles. The van der Waals surface area contributed by atoms with Gasteiger partial charge in [-0.15, -0.1) is 10.2 Å². The molecule has 0 amide bonds. The summed E-state index contributed by atoms with van der Waals surface area (Å²) in [7, 11) is 0. The molecule has 0 unspecified atom stereocenters. The van der Waals surface area contributed by atoms with Crippen molar-refractivity contribution in [1.29, 1.82) is 0 Å². The topological polar surface area (TPSA) is 86.0 Å². The van der Waals surface area contributed by atoms with Crippen LogP contribution in [0.25, 0.3) is 11.4 Å². The molecule has 0 aliphatic heterocycles. The maximum Gasteiger partial charge on any atom is 0.237 e. The first-order valence-corrected chi connectivity index (χ1v) is 10.9. The average Bonchev–Trinajstić information content (AvgIpc) is 3.38. The number of nitrogens with one attached hydrogen (secondary N) is 1. The lowest BCUT2D eigenvalue weighted by Crippen LogP contribution is -1.97. The van der Waals surface area contributed by atoms with Crippen LogP contribution in [-0.2, 0) is 5.75 Å². The van der Waals surface area contributed by atoms with Crippen molar-refractivity contribution in [3.05, 3.63) is 59.4 Å². The largest absolute Gasteiger partial charge is 0.492 e. The third-order valence-corrected chi connectivity index (χ3v) is 6.02. The molecule has 0 saturated carbocycles. The Hall–Kier alpha value is -2.62. The summed E-state index contributed by atoms with van der Waals surface area (Å²) in [6.45, 7) is 2.54. The van der Waals surface area contributed by atoms with E-state index in [1.165, 1.54) is 23.1 Å². The molecule has 1 N–H and O–H groups in total. The van der Waals surface area contributed by atoms with Gasteiger partial charge in [0.25, 0.3) is 0 Å². The zero-order valence-corrected chi connectivity index (χ0v) is 17.7. The standard InChI is InChI=1S/C19H16ClN5O2S2/c1-2-26-15-10-6-5-9-14(15)21-18-23-24-19(29-18)28-11-16-22-17(25-27-16)12-7-3-4-8-13(12)20/h3-10H,2,11H2,1H3,(H,21,23). The summed E-state index contributed by atoms with van der Waals surface area (Å²) in [4.78, 5) is 4.40. The highest BCUT2D eigenvalue weighted by Crippen LogP contribution is 2.33. The maximum absolute atomic E-state index is 6.18. The van der Waals surface area contributed by atoms with Crippen LogP contribution in [0.2, 0.25) is 5.02 Å². The molecule has 10 heteroatoms. The third-order valence-electron chi connectivity index (χ3n) is 3.74. The Labute approximate surface area is 180 Å². The Morgan fingerprint density at radius 3 is 2.83 bits per heavy atom. The van der Waals surface area contributed by atoms with Crippen molar-refractivity contribution >= 4 is 45.5 Å². The van der Waals surface area contributed by atoms with E-state index in [9.17, 15) is 0 Å².